The zero-order valence-corrected chi connectivity index (χ0v) is 9.94. The predicted octanol–water partition coefficient (Wildman–Crippen LogP) is 1.00. The summed E-state index contributed by atoms with van der Waals surface area (Å²) in [6.45, 7) is 13.7. The van der Waals surface area contributed by atoms with Crippen LogP contribution in [-0.4, -0.2) is 38.4 Å². The summed E-state index contributed by atoms with van der Waals surface area (Å²) >= 11 is 0. The van der Waals surface area contributed by atoms with Crippen LogP contribution >= 0.6 is 0 Å². The molecule has 0 unspecified atom stereocenters. The van der Waals surface area contributed by atoms with Gasteiger partial charge in [-0.25, -0.2) is 0 Å². The van der Waals surface area contributed by atoms with E-state index in [1.165, 1.54) is 0 Å². The van der Waals surface area contributed by atoms with Crippen molar-refractivity contribution in [2.75, 3.05) is 32.8 Å². The summed E-state index contributed by atoms with van der Waals surface area (Å²) in [5.74, 6) is 0. The van der Waals surface area contributed by atoms with Gasteiger partial charge in [0, 0.05) is 26.2 Å². The third kappa shape index (κ3) is 4.40. The van der Waals surface area contributed by atoms with Crippen molar-refractivity contribution in [1.29, 1.82) is 0 Å². The summed E-state index contributed by atoms with van der Waals surface area (Å²) < 4.78 is 5.76. The van der Waals surface area contributed by atoms with Crippen molar-refractivity contribution in [3.63, 3.8) is 0 Å². The molecule has 1 saturated heterocycles. The summed E-state index contributed by atoms with van der Waals surface area (Å²) in [6, 6.07) is 0. The van der Waals surface area contributed by atoms with Crippen molar-refractivity contribution < 1.29 is 4.74 Å². The highest BCUT2D eigenvalue weighted by atomic mass is 16.5. The molecule has 2 N–H and O–H groups in total. The average Bonchev–Trinajstić information content (AvgIpc) is 1.98. The molecule has 3 heteroatoms. The molecule has 0 atom stereocenters. The SMILES string of the molecule is CC(C)(C)CNCCOC1(C)CNC1. The molecule has 0 amide bonds. The van der Waals surface area contributed by atoms with Gasteiger partial charge >= 0.3 is 0 Å². The first kappa shape index (κ1) is 12.0. The zero-order valence-electron chi connectivity index (χ0n) is 9.94. The Morgan fingerprint density at radius 1 is 1.36 bits per heavy atom. The first-order valence-electron chi connectivity index (χ1n) is 5.47. The van der Waals surface area contributed by atoms with Crippen LogP contribution in [0.2, 0.25) is 0 Å². The normalized spacial score (nSPS) is 20.6. The lowest BCUT2D eigenvalue weighted by molar-refractivity contribution is -0.0650. The van der Waals surface area contributed by atoms with Gasteiger partial charge in [0.1, 0.15) is 0 Å². The second-order valence-corrected chi connectivity index (χ2v) is 5.64. The summed E-state index contributed by atoms with van der Waals surface area (Å²) in [6.07, 6.45) is 0. The second kappa shape index (κ2) is 4.60. The van der Waals surface area contributed by atoms with Gasteiger partial charge in [-0.3, -0.25) is 0 Å². The summed E-state index contributed by atoms with van der Waals surface area (Å²) in [7, 11) is 0. The van der Waals surface area contributed by atoms with Crippen molar-refractivity contribution in [3.8, 4) is 0 Å². The fraction of sp³-hybridized carbons (Fsp3) is 1.00. The molecular formula is C11H24N2O. The van der Waals surface area contributed by atoms with Crippen molar-refractivity contribution in [2.45, 2.75) is 33.3 Å². The standard InChI is InChI=1S/C11H24N2O/c1-10(2,3)7-12-5-6-14-11(4)8-13-9-11/h12-13H,5-9H2,1-4H3. The molecule has 0 aromatic carbocycles. The molecule has 0 aromatic rings. The van der Waals surface area contributed by atoms with Crippen LogP contribution in [-0.2, 0) is 4.74 Å². The third-order valence-electron chi connectivity index (χ3n) is 2.38. The van der Waals surface area contributed by atoms with Gasteiger partial charge in [-0.1, -0.05) is 20.8 Å². The Bertz CT molecular complexity index is 171. The highest BCUT2D eigenvalue weighted by Gasteiger charge is 2.31. The summed E-state index contributed by atoms with van der Waals surface area (Å²) in [5, 5.41) is 6.62. The van der Waals surface area contributed by atoms with Crippen LogP contribution in [0.25, 0.3) is 0 Å². The van der Waals surface area contributed by atoms with Gasteiger partial charge in [-0.2, -0.15) is 0 Å². The molecule has 1 rings (SSSR count). The van der Waals surface area contributed by atoms with Gasteiger partial charge in [0.05, 0.1) is 12.2 Å². The van der Waals surface area contributed by atoms with E-state index in [4.69, 9.17) is 4.74 Å². The molecule has 84 valence electrons. The third-order valence-corrected chi connectivity index (χ3v) is 2.38. The second-order valence-electron chi connectivity index (χ2n) is 5.64. The number of rotatable bonds is 5. The molecular weight excluding hydrogens is 176 g/mol. The summed E-state index contributed by atoms with van der Waals surface area (Å²) in [5.41, 5.74) is 0.464. The van der Waals surface area contributed by atoms with Crippen molar-refractivity contribution >= 4 is 0 Å². The van der Waals surface area contributed by atoms with Crippen LogP contribution in [0.5, 0.6) is 0 Å². The molecule has 0 aliphatic carbocycles. The van der Waals surface area contributed by atoms with Gasteiger partial charge in [-0.05, 0) is 12.3 Å². The molecule has 0 radical (unpaired) electrons. The van der Waals surface area contributed by atoms with Gasteiger partial charge in [0.2, 0.25) is 0 Å². The quantitative estimate of drug-likeness (QED) is 0.650. The smallest absolute Gasteiger partial charge is 0.0902 e. The van der Waals surface area contributed by atoms with Crippen LogP contribution < -0.4 is 10.6 Å². The van der Waals surface area contributed by atoms with E-state index < -0.39 is 0 Å². The molecule has 0 saturated carbocycles. The van der Waals surface area contributed by atoms with E-state index >= 15 is 0 Å². The first-order chi connectivity index (χ1) is 6.41. The topological polar surface area (TPSA) is 33.3 Å². The van der Waals surface area contributed by atoms with E-state index in [1.54, 1.807) is 0 Å². The number of hydrogen-bond acceptors (Lipinski definition) is 3. The van der Waals surface area contributed by atoms with Gasteiger partial charge in [-0.15, -0.1) is 0 Å². The van der Waals surface area contributed by atoms with Crippen LogP contribution in [0.15, 0.2) is 0 Å². The molecule has 3 nitrogen and oxygen atoms in total. The lowest BCUT2D eigenvalue weighted by Gasteiger charge is -2.39. The maximum atomic E-state index is 5.76. The van der Waals surface area contributed by atoms with Crippen molar-refractivity contribution in [2.24, 2.45) is 5.41 Å². The lowest BCUT2D eigenvalue weighted by Crippen LogP contribution is -2.59. The Balaban J connectivity index is 1.94. The molecule has 1 fully saturated rings. The van der Waals surface area contributed by atoms with Crippen molar-refractivity contribution in [1.82, 2.24) is 10.6 Å². The van der Waals surface area contributed by atoms with E-state index in [-0.39, 0.29) is 5.60 Å². The van der Waals surface area contributed by atoms with E-state index in [2.05, 4.69) is 38.3 Å². The minimum atomic E-state index is 0.101. The van der Waals surface area contributed by atoms with E-state index in [0.29, 0.717) is 5.41 Å². The Morgan fingerprint density at radius 3 is 2.43 bits per heavy atom. The number of nitrogens with one attached hydrogen (secondary N) is 2. The highest BCUT2D eigenvalue weighted by Crippen LogP contribution is 2.14. The average molecular weight is 200 g/mol. The van der Waals surface area contributed by atoms with Gasteiger partial charge in [0.15, 0.2) is 0 Å². The fourth-order valence-electron chi connectivity index (χ4n) is 1.41. The maximum Gasteiger partial charge on any atom is 0.0902 e. The van der Waals surface area contributed by atoms with E-state index in [0.717, 1.165) is 32.8 Å². The Hall–Kier alpha value is -0.120. The number of ether oxygens (including phenoxy) is 1. The van der Waals surface area contributed by atoms with Gasteiger partial charge < -0.3 is 15.4 Å². The van der Waals surface area contributed by atoms with Crippen LogP contribution in [0.3, 0.4) is 0 Å². The fourth-order valence-corrected chi connectivity index (χ4v) is 1.41. The first-order valence-corrected chi connectivity index (χ1v) is 5.47. The molecule has 0 aromatic heterocycles. The van der Waals surface area contributed by atoms with Crippen LogP contribution in [0, 0.1) is 5.41 Å². The molecule has 0 bridgehead atoms. The molecule has 1 aliphatic heterocycles. The zero-order chi connectivity index (χ0) is 10.7. The monoisotopic (exact) mass is 200 g/mol. The van der Waals surface area contributed by atoms with E-state index in [1.807, 2.05) is 0 Å². The number of hydrogen-bond donors (Lipinski definition) is 2. The van der Waals surface area contributed by atoms with E-state index in [9.17, 15) is 0 Å². The predicted molar refractivity (Wildman–Crippen MR) is 59.6 cm³/mol. The minimum Gasteiger partial charge on any atom is -0.371 e. The Kier molecular flexibility index (Phi) is 3.93. The van der Waals surface area contributed by atoms with Crippen LogP contribution in [0.1, 0.15) is 27.7 Å². The highest BCUT2D eigenvalue weighted by molar-refractivity contribution is 4.90. The largest absolute Gasteiger partial charge is 0.371 e. The van der Waals surface area contributed by atoms with Gasteiger partial charge in [0.25, 0.3) is 0 Å². The molecule has 14 heavy (non-hydrogen) atoms. The van der Waals surface area contributed by atoms with Crippen LogP contribution in [0.4, 0.5) is 0 Å². The minimum absolute atomic E-state index is 0.101. The molecule has 1 aliphatic rings. The van der Waals surface area contributed by atoms with Crippen molar-refractivity contribution in [3.05, 3.63) is 0 Å². The Morgan fingerprint density at radius 2 is 2.00 bits per heavy atom. The lowest BCUT2D eigenvalue weighted by atomic mass is 9.97. The molecule has 0 spiro atoms. The summed E-state index contributed by atoms with van der Waals surface area (Å²) in [4.78, 5) is 0. The maximum absolute atomic E-state index is 5.76. The molecule has 1 heterocycles. The Labute approximate surface area is 87.6 Å².